The highest BCUT2D eigenvalue weighted by molar-refractivity contribution is 5.81. The van der Waals surface area contributed by atoms with Gasteiger partial charge in [0.05, 0.1) is 7.11 Å². The Labute approximate surface area is 80.4 Å². The molecule has 0 aliphatic heterocycles. The third-order valence-corrected chi connectivity index (χ3v) is 1.78. The molecule has 0 amide bonds. The van der Waals surface area contributed by atoms with Gasteiger partial charge in [0, 0.05) is 25.9 Å². The topological polar surface area (TPSA) is 29.5 Å². The van der Waals surface area contributed by atoms with Gasteiger partial charge in [-0.1, -0.05) is 19.8 Å². The van der Waals surface area contributed by atoms with Gasteiger partial charge in [-0.2, -0.15) is 0 Å². The minimum absolute atomic E-state index is 0.303. The Hall–Kier alpha value is -0.990. The minimum Gasteiger partial charge on any atom is -0.466 e. The van der Waals surface area contributed by atoms with Crippen molar-refractivity contribution in [1.82, 2.24) is 4.90 Å². The Morgan fingerprint density at radius 1 is 1.46 bits per heavy atom. The first kappa shape index (κ1) is 12.0. The van der Waals surface area contributed by atoms with E-state index in [0.29, 0.717) is 0 Å². The minimum atomic E-state index is -0.303. The third-order valence-electron chi connectivity index (χ3n) is 1.78. The van der Waals surface area contributed by atoms with Crippen molar-refractivity contribution in [3.63, 3.8) is 0 Å². The van der Waals surface area contributed by atoms with Crippen LogP contribution >= 0.6 is 0 Å². The average Bonchev–Trinajstić information content (AvgIpc) is 2.14. The monoisotopic (exact) mass is 185 g/mol. The van der Waals surface area contributed by atoms with Crippen molar-refractivity contribution in [2.45, 2.75) is 26.2 Å². The van der Waals surface area contributed by atoms with Crippen LogP contribution < -0.4 is 0 Å². The van der Waals surface area contributed by atoms with E-state index in [-0.39, 0.29) is 5.97 Å². The molecule has 0 aromatic carbocycles. The van der Waals surface area contributed by atoms with Crippen LogP contribution in [0.1, 0.15) is 26.2 Å². The number of nitrogens with zero attached hydrogens (tertiary/aromatic N) is 1. The number of methoxy groups -OCH3 is 1. The van der Waals surface area contributed by atoms with Crippen LogP contribution in [0.5, 0.6) is 0 Å². The number of esters is 1. The summed E-state index contributed by atoms with van der Waals surface area (Å²) in [5.41, 5.74) is 0. The van der Waals surface area contributed by atoms with Gasteiger partial charge in [0.25, 0.3) is 0 Å². The number of rotatable bonds is 6. The van der Waals surface area contributed by atoms with Crippen molar-refractivity contribution in [3.05, 3.63) is 12.3 Å². The van der Waals surface area contributed by atoms with Crippen molar-refractivity contribution in [2.24, 2.45) is 0 Å². The smallest absolute Gasteiger partial charge is 0.331 e. The summed E-state index contributed by atoms with van der Waals surface area (Å²) in [6.07, 6.45) is 6.80. The molecule has 13 heavy (non-hydrogen) atoms. The summed E-state index contributed by atoms with van der Waals surface area (Å²) < 4.78 is 4.47. The van der Waals surface area contributed by atoms with Crippen molar-refractivity contribution in [2.75, 3.05) is 20.7 Å². The second-order valence-corrected chi connectivity index (χ2v) is 3.03. The number of carbonyl (C=O) groups excluding carboxylic acids is 1. The Kier molecular flexibility index (Phi) is 7.07. The predicted molar refractivity (Wildman–Crippen MR) is 53.3 cm³/mol. The van der Waals surface area contributed by atoms with Crippen molar-refractivity contribution < 1.29 is 9.53 Å². The number of unbranched alkanes of at least 4 members (excludes halogenated alkanes) is 2. The lowest BCUT2D eigenvalue weighted by Crippen LogP contribution is -2.12. The molecule has 0 N–H and O–H groups in total. The average molecular weight is 185 g/mol. The van der Waals surface area contributed by atoms with Crippen LogP contribution in [0.15, 0.2) is 12.3 Å². The van der Waals surface area contributed by atoms with E-state index in [2.05, 4.69) is 11.7 Å². The van der Waals surface area contributed by atoms with Crippen LogP contribution in [0.4, 0.5) is 0 Å². The van der Waals surface area contributed by atoms with Crippen molar-refractivity contribution >= 4 is 5.97 Å². The zero-order valence-electron chi connectivity index (χ0n) is 8.75. The second kappa shape index (κ2) is 7.65. The van der Waals surface area contributed by atoms with Crippen LogP contribution in [0.25, 0.3) is 0 Å². The lowest BCUT2D eigenvalue weighted by Gasteiger charge is -2.12. The fraction of sp³-hybridized carbons (Fsp3) is 0.700. The van der Waals surface area contributed by atoms with Crippen LogP contribution in [-0.4, -0.2) is 31.6 Å². The van der Waals surface area contributed by atoms with Crippen LogP contribution in [-0.2, 0) is 9.53 Å². The molecule has 76 valence electrons. The second-order valence-electron chi connectivity index (χ2n) is 3.03. The van der Waals surface area contributed by atoms with Crippen LogP contribution in [0.2, 0.25) is 0 Å². The maximum absolute atomic E-state index is 10.7. The van der Waals surface area contributed by atoms with E-state index in [4.69, 9.17) is 0 Å². The molecule has 0 aliphatic carbocycles. The lowest BCUT2D eigenvalue weighted by molar-refractivity contribution is -0.134. The summed E-state index contributed by atoms with van der Waals surface area (Å²) in [6, 6.07) is 0. The van der Waals surface area contributed by atoms with Crippen molar-refractivity contribution in [3.8, 4) is 0 Å². The number of carbonyl (C=O) groups is 1. The van der Waals surface area contributed by atoms with E-state index >= 15 is 0 Å². The molecule has 0 radical (unpaired) electrons. The van der Waals surface area contributed by atoms with Gasteiger partial charge < -0.3 is 9.64 Å². The molecule has 0 fully saturated rings. The SMILES string of the molecule is CCCCCN(C)C=CC(=O)OC. The van der Waals surface area contributed by atoms with E-state index in [0.717, 1.165) is 6.54 Å². The highest BCUT2D eigenvalue weighted by atomic mass is 16.5. The number of hydrogen-bond donors (Lipinski definition) is 0. The molecule has 0 saturated carbocycles. The van der Waals surface area contributed by atoms with Gasteiger partial charge in [0.2, 0.25) is 0 Å². The highest BCUT2D eigenvalue weighted by Crippen LogP contribution is 1.96. The van der Waals surface area contributed by atoms with Gasteiger partial charge in [0.15, 0.2) is 0 Å². The molecule has 0 spiro atoms. The Balaban J connectivity index is 3.54. The molecule has 3 heteroatoms. The van der Waals surface area contributed by atoms with E-state index in [9.17, 15) is 4.79 Å². The molecule has 0 unspecified atom stereocenters. The van der Waals surface area contributed by atoms with Gasteiger partial charge in [-0.3, -0.25) is 0 Å². The fourth-order valence-corrected chi connectivity index (χ4v) is 0.942. The molecule has 0 rings (SSSR count). The molecule has 0 aliphatic rings. The molecule has 0 atom stereocenters. The fourth-order valence-electron chi connectivity index (χ4n) is 0.942. The van der Waals surface area contributed by atoms with Gasteiger partial charge in [-0.05, 0) is 6.42 Å². The summed E-state index contributed by atoms with van der Waals surface area (Å²) in [6.45, 7) is 3.16. The maximum atomic E-state index is 10.7. The lowest BCUT2D eigenvalue weighted by atomic mass is 10.2. The quantitative estimate of drug-likeness (QED) is 0.359. The number of ether oxygens (including phenoxy) is 1. The molecule has 3 nitrogen and oxygen atoms in total. The molecule has 0 saturated heterocycles. The molecular weight excluding hydrogens is 166 g/mol. The molecule has 0 bridgehead atoms. The highest BCUT2D eigenvalue weighted by Gasteiger charge is 1.93. The third kappa shape index (κ3) is 7.37. The van der Waals surface area contributed by atoms with Crippen LogP contribution in [0.3, 0.4) is 0 Å². The molecule has 0 heterocycles. The Bertz CT molecular complexity index is 166. The first-order valence-electron chi connectivity index (χ1n) is 4.67. The number of hydrogen-bond acceptors (Lipinski definition) is 3. The molecule has 0 aromatic rings. The van der Waals surface area contributed by atoms with E-state index in [1.807, 2.05) is 11.9 Å². The standard InChI is InChI=1S/C10H19NO2/c1-4-5-6-8-11(2)9-7-10(12)13-3/h7,9H,4-6,8H2,1-3H3. The van der Waals surface area contributed by atoms with E-state index < -0.39 is 0 Å². The summed E-state index contributed by atoms with van der Waals surface area (Å²) in [5, 5.41) is 0. The summed E-state index contributed by atoms with van der Waals surface area (Å²) in [5.74, 6) is -0.303. The van der Waals surface area contributed by atoms with Gasteiger partial charge in [0.1, 0.15) is 0 Å². The molecular formula is C10H19NO2. The maximum Gasteiger partial charge on any atom is 0.331 e. The van der Waals surface area contributed by atoms with Gasteiger partial charge >= 0.3 is 5.97 Å². The van der Waals surface area contributed by atoms with Gasteiger partial charge in [-0.15, -0.1) is 0 Å². The van der Waals surface area contributed by atoms with Crippen molar-refractivity contribution in [1.29, 1.82) is 0 Å². The van der Waals surface area contributed by atoms with Gasteiger partial charge in [-0.25, -0.2) is 4.79 Å². The van der Waals surface area contributed by atoms with Crippen LogP contribution in [0, 0.1) is 0 Å². The summed E-state index contributed by atoms with van der Waals surface area (Å²) >= 11 is 0. The Morgan fingerprint density at radius 3 is 2.69 bits per heavy atom. The summed E-state index contributed by atoms with van der Waals surface area (Å²) in [4.78, 5) is 12.7. The molecule has 0 aromatic heterocycles. The van der Waals surface area contributed by atoms with E-state index in [1.165, 1.54) is 32.4 Å². The summed E-state index contributed by atoms with van der Waals surface area (Å²) in [7, 11) is 3.33. The zero-order valence-corrected chi connectivity index (χ0v) is 8.75. The largest absolute Gasteiger partial charge is 0.466 e. The first-order valence-corrected chi connectivity index (χ1v) is 4.67. The van der Waals surface area contributed by atoms with E-state index in [1.54, 1.807) is 6.20 Å². The Morgan fingerprint density at radius 2 is 2.15 bits per heavy atom. The predicted octanol–water partition coefficient (Wildman–Crippen LogP) is 1.80. The normalized spacial score (nSPS) is 10.4. The first-order chi connectivity index (χ1) is 6.20. The zero-order chi connectivity index (χ0) is 10.1.